The minimum absolute atomic E-state index is 0.124. The van der Waals surface area contributed by atoms with Crippen molar-refractivity contribution in [1.82, 2.24) is 4.31 Å². The summed E-state index contributed by atoms with van der Waals surface area (Å²) in [5.74, 6) is -0.976. The average molecular weight is 427 g/mol. The van der Waals surface area contributed by atoms with Gasteiger partial charge in [0.15, 0.2) is 0 Å². The highest BCUT2D eigenvalue weighted by Gasteiger charge is 2.31. The molecule has 0 radical (unpaired) electrons. The van der Waals surface area contributed by atoms with Gasteiger partial charge in [-0.1, -0.05) is 29.8 Å². The number of sulfonamides is 1. The maximum atomic E-state index is 13.4. The minimum Gasteiger partial charge on any atom is -0.481 e. The van der Waals surface area contributed by atoms with Crippen LogP contribution in [0.5, 0.6) is 0 Å². The molecule has 0 aromatic heterocycles. The lowest BCUT2D eigenvalue weighted by Gasteiger charge is -2.31. The molecule has 2 aromatic rings. The van der Waals surface area contributed by atoms with E-state index in [0.717, 1.165) is 11.1 Å². The van der Waals surface area contributed by atoms with E-state index in [4.69, 9.17) is 5.26 Å². The van der Waals surface area contributed by atoms with Gasteiger partial charge in [0.2, 0.25) is 10.0 Å². The molecule has 0 heterocycles. The highest BCUT2D eigenvalue weighted by atomic mass is 32.2. The van der Waals surface area contributed by atoms with E-state index in [-0.39, 0.29) is 23.3 Å². The second kappa shape index (κ2) is 9.41. The fraction of sp³-hybridized carbons (Fsp3) is 0.391. The van der Waals surface area contributed by atoms with E-state index in [2.05, 4.69) is 6.07 Å². The van der Waals surface area contributed by atoms with Crippen LogP contribution in [0.1, 0.15) is 42.4 Å². The number of benzene rings is 2. The summed E-state index contributed by atoms with van der Waals surface area (Å²) < 4.78 is 28.3. The van der Waals surface area contributed by atoms with E-state index in [1.165, 1.54) is 4.31 Å². The van der Waals surface area contributed by atoms with Crippen LogP contribution in [-0.2, 0) is 21.4 Å². The summed E-state index contributed by atoms with van der Waals surface area (Å²) in [5.41, 5.74) is 2.32. The molecule has 0 atom stereocenters. The lowest BCUT2D eigenvalue weighted by molar-refractivity contribution is -0.143. The molecule has 0 aliphatic heterocycles. The molecule has 1 fully saturated rings. The molecule has 7 heteroatoms. The largest absolute Gasteiger partial charge is 0.481 e. The maximum Gasteiger partial charge on any atom is 0.306 e. The van der Waals surface area contributed by atoms with Crippen LogP contribution in [-0.4, -0.2) is 30.3 Å². The van der Waals surface area contributed by atoms with Crippen LogP contribution in [0.15, 0.2) is 53.4 Å². The molecule has 0 bridgehead atoms. The van der Waals surface area contributed by atoms with Crippen molar-refractivity contribution in [1.29, 1.82) is 5.26 Å². The molecule has 6 nitrogen and oxygen atoms in total. The first-order chi connectivity index (χ1) is 14.3. The Bertz CT molecular complexity index is 1020. The Hall–Kier alpha value is -2.69. The van der Waals surface area contributed by atoms with Crippen LogP contribution in [0.2, 0.25) is 0 Å². The molecule has 30 heavy (non-hydrogen) atoms. The number of nitriles is 1. The summed E-state index contributed by atoms with van der Waals surface area (Å²) in [4.78, 5) is 11.5. The normalized spacial score (nSPS) is 19.4. The number of carboxylic acids is 1. The zero-order valence-electron chi connectivity index (χ0n) is 17.0. The maximum absolute atomic E-state index is 13.4. The number of nitrogens with zero attached hydrogens (tertiary/aromatic N) is 2. The molecule has 3 rings (SSSR count). The molecular formula is C23H26N2O4S. The van der Waals surface area contributed by atoms with Crippen LogP contribution >= 0.6 is 0 Å². The van der Waals surface area contributed by atoms with Gasteiger partial charge in [0.05, 0.1) is 22.4 Å². The third kappa shape index (κ3) is 5.26. The molecule has 0 spiro atoms. The van der Waals surface area contributed by atoms with Gasteiger partial charge in [-0.2, -0.15) is 9.57 Å². The number of hydrogen-bond donors (Lipinski definition) is 1. The number of hydrogen-bond acceptors (Lipinski definition) is 4. The number of carboxylic acid groups (broad SMARTS) is 1. The van der Waals surface area contributed by atoms with Crippen molar-refractivity contribution in [2.24, 2.45) is 11.8 Å². The van der Waals surface area contributed by atoms with Crippen molar-refractivity contribution < 1.29 is 18.3 Å². The summed E-state index contributed by atoms with van der Waals surface area (Å²) >= 11 is 0. The lowest BCUT2D eigenvalue weighted by Crippen LogP contribution is -2.36. The van der Waals surface area contributed by atoms with Crippen LogP contribution in [0.25, 0.3) is 0 Å². The summed E-state index contributed by atoms with van der Waals surface area (Å²) in [7, 11) is -3.71. The first-order valence-electron chi connectivity index (χ1n) is 10.1. The Balaban J connectivity index is 1.83. The van der Waals surface area contributed by atoms with Crippen LogP contribution in [0.3, 0.4) is 0 Å². The smallest absolute Gasteiger partial charge is 0.306 e. The number of rotatable bonds is 7. The van der Waals surface area contributed by atoms with Crippen molar-refractivity contribution in [3.63, 3.8) is 0 Å². The van der Waals surface area contributed by atoms with Crippen molar-refractivity contribution in [2.45, 2.75) is 44.0 Å². The Morgan fingerprint density at radius 1 is 1.07 bits per heavy atom. The van der Waals surface area contributed by atoms with E-state index in [1.54, 1.807) is 48.5 Å². The third-order valence-corrected chi connectivity index (χ3v) is 7.58. The lowest BCUT2D eigenvalue weighted by atomic mass is 9.82. The SMILES string of the molecule is Cc1ccc(S(=O)(=O)N(Cc2ccc(C#N)cc2)CC2CCC(C(=O)O)CC2)cc1. The van der Waals surface area contributed by atoms with Crippen LogP contribution in [0.4, 0.5) is 0 Å². The number of aliphatic carboxylic acids is 1. The fourth-order valence-electron chi connectivity index (χ4n) is 3.88. The molecule has 158 valence electrons. The Kier molecular flexibility index (Phi) is 6.91. The van der Waals surface area contributed by atoms with Crippen molar-refractivity contribution >= 4 is 16.0 Å². The van der Waals surface area contributed by atoms with Gasteiger partial charge >= 0.3 is 5.97 Å². The summed E-state index contributed by atoms with van der Waals surface area (Å²) in [6, 6.07) is 15.8. The summed E-state index contributed by atoms with van der Waals surface area (Å²) in [6.45, 7) is 2.47. The van der Waals surface area contributed by atoms with Gasteiger partial charge in [-0.05, 0) is 68.4 Å². The molecule has 0 saturated heterocycles. The second-order valence-corrected chi connectivity index (χ2v) is 9.91. The average Bonchev–Trinajstić information content (AvgIpc) is 2.74. The zero-order valence-corrected chi connectivity index (χ0v) is 17.8. The van der Waals surface area contributed by atoms with E-state index in [1.807, 2.05) is 6.92 Å². The van der Waals surface area contributed by atoms with Crippen LogP contribution < -0.4 is 0 Å². The molecule has 1 aliphatic carbocycles. The number of aryl methyl sites for hydroxylation is 1. The Morgan fingerprint density at radius 2 is 1.67 bits per heavy atom. The monoisotopic (exact) mass is 426 g/mol. The van der Waals surface area contributed by atoms with Crippen LogP contribution in [0, 0.1) is 30.1 Å². The minimum atomic E-state index is -3.71. The molecule has 1 aliphatic rings. The topological polar surface area (TPSA) is 98.5 Å². The Labute approximate surface area is 177 Å². The summed E-state index contributed by atoms with van der Waals surface area (Å²) in [5, 5.41) is 18.2. The standard InChI is InChI=1S/C23H26N2O4S/c1-17-2-12-22(13-3-17)30(28,29)25(15-19-6-4-18(14-24)5-7-19)16-20-8-10-21(11-9-20)23(26)27/h2-7,12-13,20-21H,8-11,15-16H2,1H3,(H,26,27). The van der Waals surface area contributed by atoms with Gasteiger partial charge in [-0.25, -0.2) is 8.42 Å². The fourth-order valence-corrected chi connectivity index (χ4v) is 5.38. The molecule has 1 saturated carbocycles. The van der Waals surface area contributed by atoms with Gasteiger partial charge in [0.25, 0.3) is 0 Å². The third-order valence-electron chi connectivity index (χ3n) is 5.76. The molecular weight excluding hydrogens is 400 g/mol. The van der Waals surface area contributed by atoms with Crippen molar-refractivity contribution in [2.75, 3.05) is 6.54 Å². The number of carbonyl (C=O) groups is 1. The summed E-state index contributed by atoms with van der Waals surface area (Å²) in [6.07, 6.45) is 2.55. The van der Waals surface area contributed by atoms with E-state index < -0.39 is 16.0 Å². The zero-order chi connectivity index (χ0) is 21.7. The highest BCUT2D eigenvalue weighted by molar-refractivity contribution is 7.89. The predicted molar refractivity (Wildman–Crippen MR) is 113 cm³/mol. The predicted octanol–water partition coefficient (Wildman–Crippen LogP) is 3.95. The van der Waals surface area contributed by atoms with Gasteiger partial charge in [-0.3, -0.25) is 4.79 Å². The quantitative estimate of drug-likeness (QED) is 0.723. The molecule has 1 N–H and O–H groups in total. The molecule has 2 aromatic carbocycles. The van der Waals surface area contributed by atoms with E-state index in [9.17, 15) is 18.3 Å². The van der Waals surface area contributed by atoms with Gasteiger partial charge in [0, 0.05) is 13.1 Å². The van der Waals surface area contributed by atoms with Crippen molar-refractivity contribution in [3.8, 4) is 6.07 Å². The molecule has 0 unspecified atom stereocenters. The highest BCUT2D eigenvalue weighted by Crippen LogP contribution is 2.31. The van der Waals surface area contributed by atoms with E-state index in [0.29, 0.717) is 37.8 Å². The Morgan fingerprint density at radius 3 is 2.20 bits per heavy atom. The van der Waals surface area contributed by atoms with Gasteiger partial charge < -0.3 is 5.11 Å². The van der Waals surface area contributed by atoms with E-state index >= 15 is 0 Å². The van der Waals surface area contributed by atoms with Gasteiger partial charge in [-0.15, -0.1) is 0 Å². The first-order valence-corrected chi connectivity index (χ1v) is 11.5. The molecule has 0 amide bonds. The van der Waals surface area contributed by atoms with Gasteiger partial charge in [0.1, 0.15) is 0 Å². The first kappa shape index (κ1) is 22.0. The van der Waals surface area contributed by atoms with Crippen molar-refractivity contribution in [3.05, 3.63) is 65.2 Å². The second-order valence-electron chi connectivity index (χ2n) is 7.98.